The van der Waals surface area contributed by atoms with Crippen LogP contribution in [0.5, 0.6) is 0 Å². The molecule has 1 nitrogen and oxygen atoms in total. The van der Waals surface area contributed by atoms with Crippen LogP contribution < -0.4 is 4.72 Å². The van der Waals surface area contributed by atoms with Gasteiger partial charge in [0, 0.05) is 5.56 Å². The van der Waals surface area contributed by atoms with Crippen LogP contribution in [-0.2, 0) is 0 Å². The smallest absolute Gasteiger partial charge is 0.132 e. The van der Waals surface area contributed by atoms with Crippen LogP contribution in [0.3, 0.4) is 0 Å². The van der Waals surface area contributed by atoms with Crippen molar-refractivity contribution >= 4 is 12.3 Å². The molecule has 62 valence electrons. The predicted octanol–water partition coefficient (Wildman–Crippen LogP) is 2.16. The lowest BCUT2D eigenvalue weighted by atomic mass is 10.2. The summed E-state index contributed by atoms with van der Waals surface area (Å²) in [6.45, 7) is 0.357. The molecule has 1 aromatic carbocycles. The average Bonchev–Trinajstić information content (AvgIpc) is 2.14. The largest absolute Gasteiger partial charge is 0.224 e. The van der Waals surface area contributed by atoms with Crippen molar-refractivity contribution in [1.82, 2.24) is 4.72 Å². The Morgan fingerprint density at radius 2 is 2.08 bits per heavy atom. The van der Waals surface area contributed by atoms with E-state index in [9.17, 15) is 3.89 Å². The summed E-state index contributed by atoms with van der Waals surface area (Å²) < 4.78 is 13.9. The van der Waals surface area contributed by atoms with E-state index in [2.05, 4.69) is 16.6 Å². The van der Waals surface area contributed by atoms with Crippen LogP contribution in [0.25, 0.3) is 0 Å². The van der Waals surface area contributed by atoms with Crippen molar-refractivity contribution in [3.05, 3.63) is 35.9 Å². The van der Waals surface area contributed by atoms with Gasteiger partial charge in [0.2, 0.25) is 0 Å². The molecule has 0 atom stereocenters. The lowest BCUT2D eigenvalue weighted by Crippen LogP contribution is -1.99. The van der Waals surface area contributed by atoms with Crippen molar-refractivity contribution in [3.63, 3.8) is 0 Å². The van der Waals surface area contributed by atoms with Gasteiger partial charge in [-0.15, -0.1) is 3.89 Å². The zero-order valence-corrected chi connectivity index (χ0v) is 7.20. The highest BCUT2D eigenvalue weighted by molar-refractivity contribution is 7.92. The van der Waals surface area contributed by atoms with E-state index in [-0.39, 0.29) is 12.3 Å². The van der Waals surface area contributed by atoms with Crippen LogP contribution in [0.4, 0.5) is 3.89 Å². The molecule has 0 aliphatic heterocycles. The minimum absolute atomic E-state index is 0.0843. The molecule has 1 aromatic rings. The summed E-state index contributed by atoms with van der Waals surface area (Å²) >= 11 is 0.0843. The third-order valence-electron chi connectivity index (χ3n) is 1.22. The third-order valence-corrected chi connectivity index (χ3v) is 1.48. The Balaban J connectivity index is 2.44. The second kappa shape index (κ2) is 5.64. The van der Waals surface area contributed by atoms with Crippen LogP contribution in [0.1, 0.15) is 5.56 Å². The van der Waals surface area contributed by atoms with Gasteiger partial charge >= 0.3 is 0 Å². The average molecular weight is 181 g/mol. The first-order valence-corrected chi connectivity index (χ1v) is 4.19. The summed E-state index contributed by atoms with van der Waals surface area (Å²) in [4.78, 5) is 0. The molecule has 0 heterocycles. The van der Waals surface area contributed by atoms with Crippen molar-refractivity contribution in [3.8, 4) is 11.8 Å². The number of halogens is 1. The number of nitrogens with one attached hydrogen (secondary N) is 1. The fourth-order valence-corrected chi connectivity index (χ4v) is 0.858. The standard InChI is InChI=1S/C9H8FNS/c10-12-11-8-4-7-9-5-2-1-3-6-9/h1-3,5-6,11H,8H2. The molecule has 0 saturated carbocycles. The van der Waals surface area contributed by atoms with E-state index < -0.39 is 0 Å². The zero-order chi connectivity index (χ0) is 8.65. The van der Waals surface area contributed by atoms with E-state index >= 15 is 0 Å². The molecule has 1 rings (SSSR count). The lowest BCUT2D eigenvalue weighted by molar-refractivity contribution is 0.909. The normalized spacial score (nSPS) is 8.75. The number of benzene rings is 1. The third kappa shape index (κ3) is 3.42. The second-order valence-corrected chi connectivity index (χ2v) is 2.51. The summed E-state index contributed by atoms with van der Waals surface area (Å²) in [5.41, 5.74) is 0.947. The first kappa shape index (κ1) is 9.11. The van der Waals surface area contributed by atoms with Gasteiger partial charge in [-0.05, 0) is 12.1 Å². The van der Waals surface area contributed by atoms with Crippen molar-refractivity contribution in [2.45, 2.75) is 0 Å². The molecule has 0 amide bonds. The Hall–Kier alpha value is -0.980. The van der Waals surface area contributed by atoms with Crippen LogP contribution >= 0.6 is 12.3 Å². The molecule has 0 aliphatic rings. The van der Waals surface area contributed by atoms with E-state index in [1.54, 1.807) is 0 Å². The first-order chi connectivity index (χ1) is 5.93. The Labute approximate surface area is 75.8 Å². The van der Waals surface area contributed by atoms with Crippen molar-refractivity contribution in [2.24, 2.45) is 0 Å². The summed E-state index contributed by atoms with van der Waals surface area (Å²) in [5, 5.41) is 0. The molecular weight excluding hydrogens is 173 g/mol. The van der Waals surface area contributed by atoms with E-state index in [4.69, 9.17) is 0 Å². The molecule has 0 bridgehead atoms. The fourth-order valence-electron chi connectivity index (χ4n) is 0.731. The minimum atomic E-state index is 0.0843. The fraction of sp³-hybridized carbons (Fsp3) is 0.111. The predicted molar refractivity (Wildman–Crippen MR) is 50.0 cm³/mol. The number of rotatable bonds is 2. The molecule has 0 saturated heterocycles. The topological polar surface area (TPSA) is 12.0 Å². The highest BCUT2D eigenvalue weighted by Crippen LogP contribution is 1.94. The van der Waals surface area contributed by atoms with Gasteiger partial charge in [-0.2, -0.15) is 0 Å². The van der Waals surface area contributed by atoms with E-state index in [0.717, 1.165) is 5.56 Å². The van der Waals surface area contributed by atoms with Gasteiger partial charge in [0.15, 0.2) is 0 Å². The summed E-state index contributed by atoms with van der Waals surface area (Å²) in [7, 11) is 0. The Morgan fingerprint density at radius 1 is 1.33 bits per heavy atom. The maximum atomic E-state index is 11.5. The molecule has 0 radical (unpaired) electrons. The van der Waals surface area contributed by atoms with E-state index in [0.29, 0.717) is 6.54 Å². The molecule has 0 aliphatic carbocycles. The quantitative estimate of drug-likeness (QED) is 0.426. The number of hydrogen-bond acceptors (Lipinski definition) is 2. The molecule has 0 aromatic heterocycles. The lowest BCUT2D eigenvalue weighted by Gasteiger charge is -1.87. The zero-order valence-electron chi connectivity index (χ0n) is 6.38. The molecule has 0 fully saturated rings. The summed E-state index contributed by atoms with van der Waals surface area (Å²) in [6.07, 6.45) is 0. The number of hydrogen-bond donors (Lipinski definition) is 1. The molecule has 0 spiro atoms. The van der Waals surface area contributed by atoms with Crippen molar-refractivity contribution in [2.75, 3.05) is 6.54 Å². The van der Waals surface area contributed by atoms with Gasteiger partial charge in [0.1, 0.15) is 12.3 Å². The van der Waals surface area contributed by atoms with Gasteiger partial charge in [0.05, 0.1) is 6.54 Å². The first-order valence-electron chi connectivity index (χ1n) is 3.48. The van der Waals surface area contributed by atoms with E-state index in [1.807, 2.05) is 30.3 Å². The highest BCUT2D eigenvalue weighted by atomic mass is 32.2. The van der Waals surface area contributed by atoms with Crippen molar-refractivity contribution < 1.29 is 3.89 Å². The molecule has 0 unspecified atom stereocenters. The van der Waals surface area contributed by atoms with Gasteiger partial charge < -0.3 is 0 Å². The minimum Gasteiger partial charge on any atom is -0.224 e. The SMILES string of the molecule is FSNCC#Cc1ccccc1. The molecule has 3 heteroatoms. The molecule has 12 heavy (non-hydrogen) atoms. The summed E-state index contributed by atoms with van der Waals surface area (Å²) in [6, 6.07) is 9.59. The van der Waals surface area contributed by atoms with Gasteiger partial charge in [-0.25, -0.2) is 4.72 Å². The van der Waals surface area contributed by atoms with Crippen LogP contribution in [0, 0.1) is 11.8 Å². The van der Waals surface area contributed by atoms with Crippen molar-refractivity contribution in [1.29, 1.82) is 0 Å². The van der Waals surface area contributed by atoms with E-state index in [1.165, 1.54) is 0 Å². The maximum Gasteiger partial charge on any atom is 0.132 e. The second-order valence-electron chi connectivity index (χ2n) is 2.07. The summed E-state index contributed by atoms with van der Waals surface area (Å²) in [5.74, 6) is 5.67. The Morgan fingerprint density at radius 3 is 2.75 bits per heavy atom. The highest BCUT2D eigenvalue weighted by Gasteiger charge is 1.81. The van der Waals surface area contributed by atoms with Gasteiger partial charge in [0.25, 0.3) is 0 Å². The Kier molecular flexibility index (Phi) is 4.28. The molecular formula is C9H8FNS. The van der Waals surface area contributed by atoms with Gasteiger partial charge in [-0.3, -0.25) is 0 Å². The monoisotopic (exact) mass is 181 g/mol. The van der Waals surface area contributed by atoms with Crippen LogP contribution in [-0.4, -0.2) is 6.54 Å². The molecule has 1 N–H and O–H groups in total. The Bertz CT molecular complexity index is 276. The van der Waals surface area contributed by atoms with Crippen LogP contribution in [0.15, 0.2) is 30.3 Å². The maximum absolute atomic E-state index is 11.5. The van der Waals surface area contributed by atoms with Crippen LogP contribution in [0.2, 0.25) is 0 Å². The van der Waals surface area contributed by atoms with Gasteiger partial charge in [-0.1, -0.05) is 30.0 Å².